The summed E-state index contributed by atoms with van der Waals surface area (Å²) < 4.78 is 16.8. The van der Waals surface area contributed by atoms with E-state index in [1.54, 1.807) is 0 Å². The summed E-state index contributed by atoms with van der Waals surface area (Å²) in [6.07, 6.45) is 74.5. The number of esters is 3. The number of unbranched alkanes of at least 4 members (excludes halogenated alkanes) is 27. The standard InChI is InChI=1S/C63H108O6/c1-4-7-10-13-16-18-20-22-24-25-26-27-28-29-30-31-32-33-34-35-36-37-39-40-42-44-47-50-53-56-62(65)68-59-60(58-67-61(64)55-52-49-46-15-12-9-6-3)69-63(66)57-54-51-48-45-43-41-38-23-21-19-17-14-11-8-5-2/h7,10,16,18,22,24,26-27,29-30,32-33,35-36,60H,4-6,8-9,11-15,17,19-21,23,25,28,31,34,37-59H2,1-3H3/b10-7-,18-16-,24-22-,27-26-,30-29-,33-32-,36-35-. The lowest BCUT2D eigenvalue weighted by molar-refractivity contribution is -0.167. The molecule has 1 atom stereocenters. The molecule has 0 bridgehead atoms. The number of allylic oxidation sites excluding steroid dienone is 14. The summed E-state index contributed by atoms with van der Waals surface area (Å²) in [6, 6.07) is 0. The van der Waals surface area contributed by atoms with E-state index in [0.717, 1.165) is 109 Å². The first-order chi connectivity index (χ1) is 34.0. The Balaban J connectivity index is 4.17. The predicted molar refractivity (Wildman–Crippen MR) is 297 cm³/mol. The van der Waals surface area contributed by atoms with Crippen LogP contribution in [0.3, 0.4) is 0 Å². The smallest absolute Gasteiger partial charge is 0.306 e. The first kappa shape index (κ1) is 65.6. The maximum absolute atomic E-state index is 12.8. The highest BCUT2D eigenvalue weighted by Gasteiger charge is 2.19. The quantitative estimate of drug-likeness (QED) is 0.0262. The third-order valence-electron chi connectivity index (χ3n) is 12.4. The van der Waals surface area contributed by atoms with Crippen LogP contribution < -0.4 is 0 Å². The van der Waals surface area contributed by atoms with Crippen molar-refractivity contribution < 1.29 is 28.6 Å². The van der Waals surface area contributed by atoms with Crippen LogP contribution in [-0.2, 0) is 28.6 Å². The average molecular weight is 962 g/mol. The normalized spacial score (nSPS) is 12.7. The molecule has 0 aliphatic rings. The summed E-state index contributed by atoms with van der Waals surface area (Å²) in [7, 11) is 0. The fourth-order valence-corrected chi connectivity index (χ4v) is 8.07. The van der Waals surface area contributed by atoms with Crippen LogP contribution in [0.5, 0.6) is 0 Å². The van der Waals surface area contributed by atoms with Crippen molar-refractivity contribution in [3.63, 3.8) is 0 Å². The van der Waals surface area contributed by atoms with Crippen LogP contribution in [0.2, 0.25) is 0 Å². The summed E-state index contributed by atoms with van der Waals surface area (Å²) >= 11 is 0. The minimum atomic E-state index is -0.776. The highest BCUT2D eigenvalue weighted by atomic mass is 16.6. The molecule has 0 aliphatic heterocycles. The van der Waals surface area contributed by atoms with Gasteiger partial charge in [-0.2, -0.15) is 0 Å². The Morgan fingerprint density at radius 1 is 0.304 bits per heavy atom. The van der Waals surface area contributed by atoms with Gasteiger partial charge >= 0.3 is 17.9 Å². The van der Waals surface area contributed by atoms with Crippen LogP contribution in [0.1, 0.15) is 278 Å². The van der Waals surface area contributed by atoms with E-state index in [-0.39, 0.29) is 31.1 Å². The monoisotopic (exact) mass is 961 g/mol. The van der Waals surface area contributed by atoms with Gasteiger partial charge < -0.3 is 14.2 Å². The van der Waals surface area contributed by atoms with E-state index in [1.807, 2.05) is 0 Å². The van der Waals surface area contributed by atoms with Gasteiger partial charge in [0.05, 0.1) is 0 Å². The molecule has 6 nitrogen and oxygen atoms in total. The largest absolute Gasteiger partial charge is 0.462 e. The predicted octanol–water partition coefficient (Wildman–Crippen LogP) is 19.5. The Kier molecular flexibility index (Phi) is 54.3. The van der Waals surface area contributed by atoms with Gasteiger partial charge in [0.2, 0.25) is 0 Å². The second-order valence-corrected chi connectivity index (χ2v) is 19.2. The third-order valence-corrected chi connectivity index (χ3v) is 12.4. The number of carbonyl (C=O) groups is 3. The second-order valence-electron chi connectivity index (χ2n) is 19.2. The molecule has 0 radical (unpaired) electrons. The number of rotatable bonds is 52. The Labute approximate surface area is 426 Å². The zero-order valence-electron chi connectivity index (χ0n) is 45.3. The van der Waals surface area contributed by atoms with E-state index in [1.165, 1.54) is 128 Å². The summed E-state index contributed by atoms with van der Waals surface area (Å²) in [5.74, 6) is -0.888. The van der Waals surface area contributed by atoms with Crippen LogP contribution in [0.15, 0.2) is 85.1 Å². The fraction of sp³-hybridized carbons (Fsp3) is 0.730. The first-order valence-corrected chi connectivity index (χ1v) is 29.1. The van der Waals surface area contributed by atoms with E-state index >= 15 is 0 Å². The Bertz CT molecular complexity index is 1330. The van der Waals surface area contributed by atoms with Crippen molar-refractivity contribution in [2.75, 3.05) is 13.2 Å². The van der Waals surface area contributed by atoms with Crippen molar-refractivity contribution >= 4 is 17.9 Å². The zero-order chi connectivity index (χ0) is 50.0. The van der Waals surface area contributed by atoms with Crippen molar-refractivity contribution in [1.29, 1.82) is 0 Å². The van der Waals surface area contributed by atoms with Gasteiger partial charge in [-0.3, -0.25) is 14.4 Å². The van der Waals surface area contributed by atoms with Crippen molar-refractivity contribution in [3.8, 4) is 0 Å². The molecular formula is C63H108O6. The second kappa shape index (κ2) is 57.2. The Hall–Kier alpha value is -3.41. The van der Waals surface area contributed by atoms with Crippen molar-refractivity contribution in [1.82, 2.24) is 0 Å². The topological polar surface area (TPSA) is 78.9 Å². The molecule has 0 saturated heterocycles. The minimum absolute atomic E-state index is 0.0769. The molecule has 6 heteroatoms. The van der Waals surface area contributed by atoms with Gasteiger partial charge in [0.15, 0.2) is 6.10 Å². The molecule has 0 fully saturated rings. The third kappa shape index (κ3) is 55.4. The lowest BCUT2D eigenvalue weighted by Gasteiger charge is -2.18. The SMILES string of the molecule is CC/C=C\C/C=C\C/C=C\C/C=C\C/C=C\C/C=C\C/C=C\CCCCCCCCCC(=O)OCC(COC(=O)CCCCCCCCC)OC(=O)CCCCCCCCCCCCCCCCC. The summed E-state index contributed by atoms with van der Waals surface area (Å²) in [5.41, 5.74) is 0. The van der Waals surface area contributed by atoms with Crippen LogP contribution in [0, 0.1) is 0 Å². The summed E-state index contributed by atoms with van der Waals surface area (Å²) in [5, 5.41) is 0. The lowest BCUT2D eigenvalue weighted by Crippen LogP contribution is -2.30. The van der Waals surface area contributed by atoms with Gasteiger partial charge in [-0.25, -0.2) is 0 Å². The zero-order valence-corrected chi connectivity index (χ0v) is 45.3. The molecule has 0 aromatic rings. The highest BCUT2D eigenvalue weighted by Crippen LogP contribution is 2.16. The maximum atomic E-state index is 12.8. The van der Waals surface area contributed by atoms with E-state index in [9.17, 15) is 14.4 Å². The summed E-state index contributed by atoms with van der Waals surface area (Å²) in [4.78, 5) is 37.9. The molecule has 0 aromatic heterocycles. The molecule has 396 valence electrons. The molecular weight excluding hydrogens is 853 g/mol. The van der Waals surface area contributed by atoms with Crippen LogP contribution in [0.4, 0.5) is 0 Å². The lowest BCUT2D eigenvalue weighted by atomic mass is 10.0. The Morgan fingerprint density at radius 3 is 0.884 bits per heavy atom. The number of hydrogen-bond donors (Lipinski definition) is 0. The van der Waals surface area contributed by atoms with Gasteiger partial charge in [0.1, 0.15) is 13.2 Å². The van der Waals surface area contributed by atoms with Gasteiger partial charge in [-0.1, -0.05) is 266 Å². The summed E-state index contributed by atoms with van der Waals surface area (Å²) in [6.45, 7) is 6.49. The molecule has 69 heavy (non-hydrogen) atoms. The van der Waals surface area contributed by atoms with Crippen molar-refractivity contribution in [2.24, 2.45) is 0 Å². The molecule has 0 saturated carbocycles. The fourth-order valence-electron chi connectivity index (χ4n) is 8.07. The average Bonchev–Trinajstić information content (AvgIpc) is 3.35. The molecule has 0 spiro atoms. The van der Waals surface area contributed by atoms with E-state index in [4.69, 9.17) is 14.2 Å². The van der Waals surface area contributed by atoms with E-state index in [0.29, 0.717) is 19.3 Å². The van der Waals surface area contributed by atoms with Gasteiger partial charge in [0.25, 0.3) is 0 Å². The van der Waals surface area contributed by atoms with E-state index in [2.05, 4.69) is 106 Å². The Morgan fingerprint density at radius 2 is 0.565 bits per heavy atom. The molecule has 1 unspecified atom stereocenters. The minimum Gasteiger partial charge on any atom is -0.462 e. The highest BCUT2D eigenvalue weighted by molar-refractivity contribution is 5.71. The molecule has 0 heterocycles. The molecule has 0 aliphatic carbocycles. The van der Waals surface area contributed by atoms with Crippen LogP contribution in [-0.4, -0.2) is 37.2 Å². The van der Waals surface area contributed by atoms with Gasteiger partial charge in [-0.05, 0) is 77.0 Å². The number of ether oxygens (including phenoxy) is 3. The maximum Gasteiger partial charge on any atom is 0.306 e. The van der Waals surface area contributed by atoms with Crippen molar-refractivity contribution in [2.45, 2.75) is 284 Å². The molecule has 0 rings (SSSR count). The van der Waals surface area contributed by atoms with Gasteiger partial charge in [0, 0.05) is 19.3 Å². The first-order valence-electron chi connectivity index (χ1n) is 29.1. The van der Waals surface area contributed by atoms with Gasteiger partial charge in [-0.15, -0.1) is 0 Å². The molecule has 0 N–H and O–H groups in total. The van der Waals surface area contributed by atoms with Crippen LogP contribution in [0.25, 0.3) is 0 Å². The van der Waals surface area contributed by atoms with E-state index < -0.39 is 6.10 Å². The molecule has 0 aromatic carbocycles. The molecule has 0 amide bonds. The number of carbonyl (C=O) groups excluding carboxylic acids is 3. The van der Waals surface area contributed by atoms with Crippen LogP contribution >= 0.6 is 0 Å². The number of hydrogen-bond acceptors (Lipinski definition) is 6. The van der Waals surface area contributed by atoms with Crippen molar-refractivity contribution in [3.05, 3.63) is 85.1 Å².